The molecule has 0 aromatic carbocycles. The third-order valence-electron chi connectivity index (χ3n) is 3.51. The van der Waals surface area contributed by atoms with E-state index in [0.29, 0.717) is 6.42 Å². The first-order chi connectivity index (χ1) is 8.21. The zero-order chi connectivity index (χ0) is 13.7. The van der Waals surface area contributed by atoms with Crippen molar-refractivity contribution in [2.24, 2.45) is 12.8 Å². The molecule has 0 bridgehead atoms. The van der Waals surface area contributed by atoms with Gasteiger partial charge in [-0.1, -0.05) is 20.8 Å². The highest BCUT2D eigenvalue weighted by Crippen LogP contribution is 2.36. The molecule has 1 saturated heterocycles. The highest BCUT2D eigenvalue weighted by atomic mass is 16.2. The molecule has 1 aromatic rings. The van der Waals surface area contributed by atoms with Gasteiger partial charge >= 0.3 is 0 Å². The zero-order valence-electron chi connectivity index (χ0n) is 11.8. The predicted molar refractivity (Wildman–Crippen MR) is 70.0 cm³/mol. The average Bonchev–Trinajstić information content (AvgIpc) is 2.69. The van der Waals surface area contributed by atoms with Crippen LogP contribution in [0.2, 0.25) is 0 Å². The van der Waals surface area contributed by atoms with Gasteiger partial charge in [0.1, 0.15) is 0 Å². The molecule has 18 heavy (non-hydrogen) atoms. The normalized spacial score (nSPS) is 25.0. The zero-order valence-corrected chi connectivity index (χ0v) is 11.8. The molecule has 2 heterocycles. The number of carbonyl (C=O) groups is 1. The number of carbonyl (C=O) groups excluding carboxylic acids is 1. The second-order valence-electron chi connectivity index (χ2n) is 6.17. The van der Waals surface area contributed by atoms with Crippen molar-refractivity contribution < 1.29 is 4.79 Å². The van der Waals surface area contributed by atoms with Crippen molar-refractivity contribution >= 4 is 5.91 Å². The Balaban J connectivity index is 2.48. The summed E-state index contributed by atoms with van der Waals surface area (Å²) in [4.78, 5) is 13.5. The van der Waals surface area contributed by atoms with E-state index in [1.807, 2.05) is 20.3 Å². The third kappa shape index (κ3) is 2.03. The van der Waals surface area contributed by atoms with Crippen molar-refractivity contribution in [3.63, 3.8) is 0 Å². The number of nitrogens with two attached hydrogens (primary N) is 1. The first kappa shape index (κ1) is 13.1. The van der Waals surface area contributed by atoms with E-state index in [0.717, 1.165) is 11.3 Å². The molecule has 1 fully saturated rings. The Morgan fingerprint density at radius 3 is 2.44 bits per heavy atom. The predicted octanol–water partition coefficient (Wildman–Crippen LogP) is 0.948. The summed E-state index contributed by atoms with van der Waals surface area (Å²) in [7, 11) is 3.72. The average molecular weight is 250 g/mol. The van der Waals surface area contributed by atoms with E-state index in [1.54, 1.807) is 9.58 Å². The molecule has 1 aliphatic heterocycles. The number of aromatic nitrogens is 2. The minimum absolute atomic E-state index is 0.0528. The summed E-state index contributed by atoms with van der Waals surface area (Å²) >= 11 is 0. The first-order valence-electron chi connectivity index (χ1n) is 6.27. The number of rotatable bonds is 1. The van der Waals surface area contributed by atoms with E-state index in [9.17, 15) is 4.79 Å². The smallest absolute Gasteiger partial charge is 0.224 e. The Labute approximate surface area is 108 Å². The van der Waals surface area contributed by atoms with Crippen molar-refractivity contribution in [1.82, 2.24) is 14.7 Å². The highest BCUT2D eigenvalue weighted by Gasteiger charge is 2.39. The van der Waals surface area contributed by atoms with Gasteiger partial charge in [0.05, 0.1) is 11.7 Å². The summed E-state index contributed by atoms with van der Waals surface area (Å²) in [6, 6.07) is -0.201. The lowest BCUT2D eigenvalue weighted by molar-refractivity contribution is -0.127. The number of likely N-dealkylation sites (tertiary alicyclic amines) is 1. The minimum Gasteiger partial charge on any atom is -0.337 e. The molecule has 1 aliphatic rings. The van der Waals surface area contributed by atoms with Crippen LogP contribution >= 0.6 is 0 Å². The van der Waals surface area contributed by atoms with Gasteiger partial charge in [-0.2, -0.15) is 5.10 Å². The number of aryl methyl sites for hydroxylation is 1. The first-order valence-corrected chi connectivity index (χ1v) is 6.27. The summed E-state index contributed by atoms with van der Waals surface area (Å²) < 4.78 is 1.80. The van der Waals surface area contributed by atoms with Crippen molar-refractivity contribution in [2.75, 3.05) is 7.05 Å². The maximum absolute atomic E-state index is 11.8. The molecule has 5 heteroatoms. The Hall–Kier alpha value is -1.36. The molecule has 0 saturated carbocycles. The molecule has 0 spiro atoms. The van der Waals surface area contributed by atoms with Gasteiger partial charge in [-0.3, -0.25) is 9.48 Å². The Morgan fingerprint density at radius 2 is 2.00 bits per heavy atom. The molecule has 1 amide bonds. The van der Waals surface area contributed by atoms with E-state index >= 15 is 0 Å². The summed E-state index contributed by atoms with van der Waals surface area (Å²) in [6.07, 6.45) is 2.40. The van der Waals surface area contributed by atoms with Crippen LogP contribution in [0.1, 0.15) is 44.5 Å². The van der Waals surface area contributed by atoms with E-state index in [-0.39, 0.29) is 23.4 Å². The van der Waals surface area contributed by atoms with Crippen molar-refractivity contribution in [3.05, 3.63) is 17.5 Å². The molecule has 2 N–H and O–H groups in total. The fourth-order valence-electron chi connectivity index (χ4n) is 2.65. The summed E-state index contributed by atoms with van der Waals surface area (Å²) in [5, 5.41) is 4.54. The van der Waals surface area contributed by atoms with Crippen LogP contribution in [-0.4, -0.2) is 33.7 Å². The molecular formula is C13H22N4O. The number of hydrogen-bond donors (Lipinski definition) is 1. The number of hydrogen-bond acceptors (Lipinski definition) is 3. The van der Waals surface area contributed by atoms with Crippen LogP contribution in [-0.2, 0) is 17.3 Å². The summed E-state index contributed by atoms with van der Waals surface area (Å²) in [5.74, 6) is 0.108. The summed E-state index contributed by atoms with van der Waals surface area (Å²) in [5.41, 5.74) is 8.16. The monoisotopic (exact) mass is 250 g/mol. The lowest BCUT2D eigenvalue weighted by atomic mass is 9.86. The standard InChI is InChI=1S/C13H22N4O/c1-13(2,3)12-8(7-16(4)15-12)11-9(14)6-10(18)17(11)5/h7,9,11H,6,14H2,1-5H3/t9-,11+/m0/s1. The third-order valence-corrected chi connectivity index (χ3v) is 3.51. The van der Waals surface area contributed by atoms with Crippen molar-refractivity contribution in [2.45, 2.75) is 44.7 Å². The molecular weight excluding hydrogens is 228 g/mol. The number of nitrogens with zero attached hydrogens (tertiary/aromatic N) is 3. The highest BCUT2D eigenvalue weighted by molar-refractivity contribution is 5.80. The fourth-order valence-corrected chi connectivity index (χ4v) is 2.65. The van der Waals surface area contributed by atoms with Gasteiger partial charge in [0.15, 0.2) is 0 Å². The van der Waals surface area contributed by atoms with Crippen LogP contribution in [0.15, 0.2) is 6.20 Å². The maximum atomic E-state index is 11.8. The van der Waals surface area contributed by atoms with Crippen LogP contribution in [0.4, 0.5) is 0 Å². The topological polar surface area (TPSA) is 64.2 Å². The van der Waals surface area contributed by atoms with Gasteiger partial charge in [0.2, 0.25) is 5.91 Å². The van der Waals surface area contributed by atoms with Crippen molar-refractivity contribution in [3.8, 4) is 0 Å². The maximum Gasteiger partial charge on any atom is 0.224 e. The van der Waals surface area contributed by atoms with Crippen LogP contribution in [0, 0.1) is 0 Å². The van der Waals surface area contributed by atoms with Gasteiger partial charge in [-0.15, -0.1) is 0 Å². The molecule has 100 valence electrons. The van der Waals surface area contributed by atoms with Gasteiger partial charge in [0, 0.05) is 43.7 Å². The second-order valence-corrected chi connectivity index (χ2v) is 6.17. The van der Waals surface area contributed by atoms with E-state index in [2.05, 4.69) is 25.9 Å². The van der Waals surface area contributed by atoms with E-state index < -0.39 is 0 Å². The van der Waals surface area contributed by atoms with E-state index in [4.69, 9.17) is 5.73 Å². The van der Waals surface area contributed by atoms with Crippen LogP contribution in [0.5, 0.6) is 0 Å². The molecule has 2 atom stereocenters. The lowest BCUT2D eigenvalue weighted by Gasteiger charge is -2.26. The molecule has 5 nitrogen and oxygen atoms in total. The quantitative estimate of drug-likeness (QED) is 0.807. The van der Waals surface area contributed by atoms with Gasteiger partial charge in [-0.05, 0) is 0 Å². The summed E-state index contributed by atoms with van der Waals surface area (Å²) in [6.45, 7) is 6.38. The minimum atomic E-state index is -0.146. The molecule has 0 aliphatic carbocycles. The van der Waals surface area contributed by atoms with E-state index in [1.165, 1.54) is 0 Å². The Bertz CT molecular complexity index is 472. The number of amides is 1. The lowest BCUT2D eigenvalue weighted by Crippen LogP contribution is -2.32. The Morgan fingerprint density at radius 1 is 1.39 bits per heavy atom. The largest absolute Gasteiger partial charge is 0.337 e. The molecule has 2 rings (SSSR count). The van der Waals surface area contributed by atoms with Gasteiger partial charge < -0.3 is 10.6 Å². The fraction of sp³-hybridized carbons (Fsp3) is 0.692. The molecule has 0 radical (unpaired) electrons. The molecule has 0 unspecified atom stereocenters. The number of likely N-dealkylation sites (N-methyl/N-ethyl adjacent to an activating group) is 1. The van der Waals surface area contributed by atoms with Crippen LogP contribution in [0.25, 0.3) is 0 Å². The van der Waals surface area contributed by atoms with Crippen LogP contribution in [0.3, 0.4) is 0 Å². The molecule has 1 aromatic heterocycles. The van der Waals surface area contributed by atoms with Crippen LogP contribution < -0.4 is 5.73 Å². The second kappa shape index (κ2) is 4.09. The van der Waals surface area contributed by atoms with Gasteiger partial charge in [0.25, 0.3) is 0 Å². The SMILES string of the molecule is CN1C(=O)C[C@H](N)[C@H]1c1cn(C)nc1C(C)(C)C. The van der Waals surface area contributed by atoms with Crippen molar-refractivity contribution in [1.29, 1.82) is 0 Å². The Kier molecular flexibility index (Phi) is 2.97. The van der Waals surface area contributed by atoms with Gasteiger partial charge in [-0.25, -0.2) is 0 Å².